The van der Waals surface area contributed by atoms with Crippen molar-refractivity contribution in [2.45, 2.75) is 37.7 Å². The molecule has 1 heteroatoms. The first-order valence-corrected chi connectivity index (χ1v) is 5.21. The number of hydrogen-bond acceptors (Lipinski definition) is 1. The van der Waals surface area contributed by atoms with Crippen molar-refractivity contribution in [1.29, 1.82) is 0 Å². The van der Waals surface area contributed by atoms with E-state index in [0.29, 0.717) is 12.0 Å². The molecule has 0 bridgehead atoms. The topological polar surface area (TPSA) is 9.23 Å². The highest BCUT2D eigenvalue weighted by molar-refractivity contribution is 5.41. The number of fused-ring (bicyclic) bond motifs is 3. The highest BCUT2D eigenvalue weighted by Crippen LogP contribution is 2.44. The van der Waals surface area contributed by atoms with E-state index in [1.54, 1.807) is 0 Å². The van der Waals surface area contributed by atoms with Gasteiger partial charge in [-0.2, -0.15) is 0 Å². The summed E-state index contributed by atoms with van der Waals surface area (Å²) in [5.74, 6) is 1.84. The van der Waals surface area contributed by atoms with Crippen LogP contribution in [0.2, 0.25) is 0 Å². The fourth-order valence-corrected chi connectivity index (χ4v) is 2.65. The second-order valence-corrected chi connectivity index (χ2v) is 4.09. The molecule has 1 fully saturated rings. The third-order valence-corrected chi connectivity index (χ3v) is 3.30. The minimum Gasteiger partial charge on any atom is -0.489 e. The summed E-state index contributed by atoms with van der Waals surface area (Å²) in [6, 6.07) is 8.52. The predicted octanol–water partition coefficient (Wildman–Crippen LogP) is 3.11. The number of para-hydroxylation sites is 1. The molecule has 3 rings (SSSR count). The van der Waals surface area contributed by atoms with E-state index >= 15 is 0 Å². The van der Waals surface area contributed by atoms with Crippen molar-refractivity contribution in [2.24, 2.45) is 0 Å². The molecule has 1 heterocycles. The normalized spacial score (nSPS) is 30.5. The zero-order valence-corrected chi connectivity index (χ0v) is 7.70. The maximum atomic E-state index is 5.91. The lowest BCUT2D eigenvalue weighted by atomic mass is 9.83. The van der Waals surface area contributed by atoms with E-state index in [1.807, 2.05) is 0 Å². The number of rotatable bonds is 0. The van der Waals surface area contributed by atoms with Crippen LogP contribution in [0.25, 0.3) is 0 Å². The molecule has 13 heavy (non-hydrogen) atoms. The van der Waals surface area contributed by atoms with Crippen molar-refractivity contribution in [3.05, 3.63) is 29.8 Å². The number of ether oxygens (including phenoxy) is 1. The van der Waals surface area contributed by atoms with Crippen LogP contribution in [0.4, 0.5) is 0 Å². The standard InChI is InChI=1S/C12H14O/c1-3-7-11-9(5-1)10-6-2-4-8-12(10)13-11/h1,3,5,7,10,12H,2,4,6,8H2/t10-,12-/m1/s1. The highest BCUT2D eigenvalue weighted by atomic mass is 16.5. The van der Waals surface area contributed by atoms with Crippen molar-refractivity contribution < 1.29 is 4.74 Å². The van der Waals surface area contributed by atoms with Gasteiger partial charge in [-0.25, -0.2) is 0 Å². The van der Waals surface area contributed by atoms with Crippen LogP contribution >= 0.6 is 0 Å². The lowest BCUT2D eigenvalue weighted by Crippen LogP contribution is -2.22. The molecule has 2 aliphatic rings. The molecule has 1 aliphatic carbocycles. The van der Waals surface area contributed by atoms with Crippen LogP contribution in [0.1, 0.15) is 37.2 Å². The molecule has 1 aromatic rings. The fraction of sp³-hybridized carbons (Fsp3) is 0.500. The first-order valence-electron chi connectivity index (χ1n) is 5.21. The van der Waals surface area contributed by atoms with Gasteiger partial charge in [-0.1, -0.05) is 24.6 Å². The molecule has 2 atom stereocenters. The summed E-state index contributed by atoms with van der Waals surface area (Å²) in [7, 11) is 0. The summed E-state index contributed by atoms with van der Waals surface area (Å²) >= 11 is 0. The Morgan fingerprint density at radius 2 is 1.92 bits per heavy atom. The molecule has 0 spiro atoms. The highest BCUT2D eigenvalue weighted by Gasteiger charge is 2.35. The smallest absolute Gasteiger partial charge is 0.123 e. The Labute approximate surface area is 78.7 Å². The summed E-state index contributed by atoms with van der Waals surface area (Å²) in [5, 5.41) is 0. The Kier molecular flexibility index (Phi) is 1.58. The molecular weight excluding hydrogens is 160 g/mol. The van der Waals surface area contributed by atoms with Crippen molar-refractivity contribution >= 4 is 0 Å². The van der Waals surface area contributed by atoms with Gasteiger partial charge in [-0.15, -0.1) is 0 Å². The quantitative estimate of drug-likeness (QED) is 0.587. The Morgan fingerprint density at radius 3 is 2.92 bits per heavy atom. The zero-order chi connectivity index (χ0) is 8.67. The summed E-state index contributed by atoms with van der Waals surface area (Å²) in [5.41, 5.74) is 1.45. The molecule has 0 aromatic heterocycles. The largest absolute Gasteiger partial charge is 0.489 e. The summed E-state index contributed by atoms with van der Waals surface area (Å²) in [6.45, 7) is 0. The van der Waals surface area contributed by atoms with Gasteiger partial charge >= 0.3 is 0 Å². The van der Waals surface area contributed by atoms with E-state index in [0.717, 1.165) is 5.75 Å². The van der Waals surface area contributed by atoms with Crippen molar-refractivity contribution in [3.8, 4) is 5.75 Å². The lowest BCUT2D eigenvalue weighted by Gasteiger charge is -2.23. The third kappa shape index (κ3) is 1.06. The third-order valence-electron chi connectivity index (χ3n) is 3.30. The van der Waals surface area contributed by atoms with E-state index in [4.69, 9.17) is 4.74 Å². The molecule has 1 saturated carbocycles. The van der Waals surface area contributed by atoms with Gasteiger partial charge in [0.05, 0.1) is 0 Å². The first-order chi connectivity index (χ1) is 6.45. The molecule has 0 saturated heterocycles. The average molecular weight is 174 g/mol. The van der Waals surface area contributed by atoms with Gasteiger partial charge < -0.3 is 4.74 Å². The monoisotopic (exact) mass is 174 g/mol. The molecule has 0 amide bonds. The van der Waals surface area contributed by atoms with E-state index in [1.165, 1.54) is 31.2 Å². The minimum atomic E-state index is 0.492. The van der Waals surface area contributed by atoms with Crippen LogP contribution in [0, 0.1) is 0 Å². The summed E-state index contributed by atoms with van der Waals surface area (Å²) < 4.78 is 5.91. The molecule has 0 N–H and O–H groups in total. The van der Waals surface area contributed by atoms with E-state index < -0.39 is 0 Å². The van der Waals surface area contributed by atoms with Gasteiger partial charge in [0.25, 0.3) is 0 Å². The average Bonchev–Trinajstić information content (AvgIpc) is 2.56. The molecule has 1 aromatic carbocycles. The molecule has 1 aliphatic heterocycles. The van der Waals surface area contributed by atoms with Crippen LogP contribution in [0.3, 0.4) is 0 Å². The zero-order valence-electron chi connectivity index (χ0n) is 7.70. The summed E-state index contributed by atoms with van der Waals surface area (Å²) in [6.07, 6.45) is 5.78. The van der Waals surface area contributed by atoms with E-state index in [-0.39, 0.29) is 0 Å². The molecule has 0 radical (unpaired) electrons. The number of benzene rings is 1. The first kappa shape index (κ1) is 7.43. The van der Waals surface area contributed by atoms with Crippen LogP contribution in [-0.4, -0.2) is 6.10 Å². The Hall–Kier alpha value is -0.980. The van der Waals surface area contributed by atoms with E-state index in [9.17, 15) is 0 Å². The Balaban J connectivity index is 2.01. The van der Waals surface area contributed by atoms with Crippen LogP contribution in [0.15, 0.2) is 24.3 Å². The fourth-order valence-electron chi connectivity index (χ4n) is 2.65. The van der Waals surface area contributed by atoms with Crippen molar-refractivity contribution in [1.82, 2.24) is 0 Å². The van der Waals surface area contributed by atoms with Gasteiger partial charge in [0, 0.05) is 11.5 Å². The summed E-state index contributed by atoms with van der Waals surface area (Å²) in [4.78, 5) is 0. The van der Waals surface area contributed by atoms with Crippen LogP contribution < -0.4 is 4.74 Å². The lowest BCUT2D eigenvalue weighted by molar-refractivity contribution is 0.164. The van der Waals surface area contributed by atoms with Crippen LogP contribution in [-0.2, 0) is 0 Å². The SMILES string of the molecule is c1ccc2c(c1)O[C@@H]1CCCC[C@H]21. The second-order valence-electron chi connectivity index (χ2n) is 4.09. The van der Waals surface area contributed by atoms with Gasteiger partial charge in [0.2, 0.25) is 0 Å². The maximum absolute atomic E-state index is 5.91. The van der Waals surface area contributed by atoms with Crippen molar-refractivity contribution in [3.63, 3.8) is 0 Å². The number of hydrogen-bond donors (Lipinski definition) is 0. The maximum Gasteiger partial charge on any atom is 0.123 e. The Bertz CT molecular complexity index is 319. The van der Waals surface area contributed by atoms with Gasteiger partial charge in [-0.05, 0) is 25.3 Å². The van der Waals surface area contributed by atoms with Gasteiger partial charge in [0.1, 0.15) is 11.9 Å². The molecule has 1 nitrogen and oxygen atoms in total. The van der Waals surface area contributed by atoms with Gasteiger partial charge in [0.15, 0.2) is 0 Å². The molecule has 0 unspecified atom stereocenters. The predicted molar refractivity (Wildman–Crippen MR) is 52.1 cm³/mol. The minimum absolute atomic E-state index is 0.492. The van der Waals surface area contributed by atoms with E-state index in [2.05, 4.69) is 24.3 Å². The van der Waals surface area contributed by atoms with Gasteiger partial charge in [-0.3, -0.25) is 0 Å². The van der Waals surface area contributed by atoms with Crippen molar-refractivity contribution in [2.75, 3.05) is 0 Å². The Morgan fingerprint density at radius 1 is 1.08 bits per heavy atom. The molecular formula is C12H14O. The second kappa shape index (κ2) is 2.76. The van der Waals surface area contributed by atoms with Crippen LogP contribution in [0.5, 0.6) is 5.75 Å². The molecule has 68 valence electrons.